The quantitative estimate of drug-likeness (QED) is 0.903. The number of aromatic carboxylic acids is 1. The maximum Gasteiger partial charge on any atom is 0.337 e. The number of pyridine rings is 1. The highest BCUT2D eigenvalue weighted by Gasteiger charge is 2.10. The van der Waals surface area contributed by atoms with Gasteiger partial charge in [-0.1, -0.05) is 29.4 Å². The summed E-state index contributed by atoms with van der Waals surface area (Å²) in [6.07, 6.45) is 1.34. The maximum atomic E-state index is 10.9. The first-order valence-corrected chi connectivity index (χ1v) is 6.18. The molecule has 1 aromatic carbocycles. The number of carboxylic acids is 1. The van der Waals surface area contributed by atoms with E-state index in [0.29, 0.717) is 10.0 Å². The van der Waals surface area contributed by atoms with Crippen LogP contribution in [0.15, 0.2) is 46.5 Å². The molecule has 0 radical (unpaired) electrons. The van der Waals surface area contributed by atoms with Crippen LogP contribution < -0.4 is 5.73 Å². The summed E-state index contributed by atoms with van der Waals surface area (Å²) in [7, 11) is 0. The monoisotopic (exact) mass is 280 g/mol. The zero-order chi connectivity index (χ0) is 13.1. The van der Waals surface area contributed by atoms with Crippen molar-refractivity contribution < 1.29 is 9.90 Å². The fraction of sp³-hybridized carbons (Fsp3) is 0. The van der Waals surface area contributed by atoms with Crippen molar-refractivity contribution in [2.45, 2.75) is 9.92 Å². The lowest BCUT2D eigenvalue weighted by atomic mass is 10.2. The van der Waals surface area contributed by atoms with Gasteiger partial charge in [0.15, 0.2) is 0 Å². The van der Waals surface area contributed by atoms with Crippen LogP contribution in [0.1, 0.15) is 10.4 Å². The Hall–Kier alpha value is -1.72. The van der Waals surface area contributed by atoms with Crippen LogP contribution in [0.25, 0.3) is 0 Å². The Morgan fingerprint density at radius 3 is 2.83 bits per heavy atom. The minimum atomic E-state index is -1.07. The fourth-order valence-electron chi connectivity index (χ4n) is 1.34. The van der Waals surface area contributed by atoms with Crippen LogP contribution in [-0.4, -0.2) is 16.1 Å². The Balaban J connectivity index is 2.30. The minimum absolute atomic E-state index is 0.0505. The van der Waals surface area contributed by atoms with Gasteiger partial charge in [0.1, 0.15) is 5.03 Å². The number of anilines is 1. The van der Waals surface area contributed by atoms with E-state index in [9.17, 15) is 4.79 Å². The lowest BCUT2D eigenvalue weighted by Gasteiger charge is -2.04. The van der Waals surface area contributed by atoms with Crippen LogP contribution in [0, 0.1) is 0 Å². The molecular weight excluding hydrogens is 272 g/mol. The highest BCUT2D eigenvalue weighted by molar-refractivity contribution is 7.99. The van der Waals surface area contributed by atoms with Gasteiger partial charge < -0.3 is 10.8 Å². The average Bonchev–Trinajstić information content (AvgIpc) is 2.31. The normalized spacial score (nSPS) is 10.3. The molecule has 0 saturated heterocycles. The van der Waals surface area contributed by atoms with E-state index >= 15 is 0 Å². The van der Waals surface area contributed by atoms with Crippen molar-refractivity contribution in [3.8, 4) is 0 Å². The van der Waals surface area contributed by atoms with E-state index < -0.39 is 5.97 Å². The molecule has 0 bridgehead atoms. The molecule has 1 heterocycles. The van der Waals surface area contributed by atoms with Gasteiger partial charge in [-0.05, 0) is 24.3 Å². The van der Waals surface area contributed by atoms with Gasteiger partial charge in [0, 0.05) is 9.92 Å². The third-order valence-corrected chi connectivity index (χ3v) is 3.32. The standard InChI is InChI=1S/C12H9ClN2O2S/c13-7-2-1-3-8(4-7)18-11-5-9(12(16)17)10(14)6-15-11/h1-6H,14H2,(H,16,17). The van der Waals surface area contributed by atoms with Crippen molar-refractivity contribution in [3.05, 3.63) is 47.1 Å². The number of nitrogens with zero attached hydrogens (tertiary/aromatic N) is 1. The Morgan fingerprint density at radius 1 is 1.39 bits per heavy atom. The molecule has 3 N–H and O–H groups in total. The molecule has 18 heavy (non-hydrogen) atoms. The van der Waals surface area contributed by atoms with Gasteiger partial charge in [0.25, 0.3) is 0 Å². The molecule has 0 saturated carbocycles. The smallest absolute Gasteiger partial charge is 0.337 e. The van der Waals surface area contributed by atoms with Crippen LogP contribution in [0.2, 0.25) is 5.02 Å². The van der Waals surface area contributed by atoms with Crippen LogP contribution in [0.3, 0.4) is 0 Å². The van der Waals surface area contributed by atoms with Gasteiger partial charge in [-0.25, -0.2) is 9.78 Å². The molecule has 1 aromatic heterocycles. The zero-order valence-corrected chi connectivity index (χ0v) is 10.7. The summed E-state index contributed by atoms with van der Waals surface area (Å²) in [6, 6.07) is 8.69. The number of hydrogen-bond donors (Lipinski definition) is 2. The van der Waals surface area contributed by atoms with Crippen molar-refractivity contribution in [1.29, 1.82) is 0 Å². The van der Waals surface area contributed by atoms with Crippen LogP contribution >= 0.6 is 23.4 Å². The summed E-state index contributed by atoms with van der Waals surface area (Å²) in [4.78, 5) is 15.9. The number of hydrogen-bond acceptors (Lipinski definition) is 4. The Labute approximate surface area is 113 Å². The second-order valence-electron chi connectivity index (χ2n) is 3.47. The molecule has 0 unspecified atom stereocenters. The molecule has 0 spiro atoms. The Bertz CT molecular complexity index is 604. The number of carbonyl (C=O) groups is 1. The first-order chi connectivity index (χ1) is 8.56. The largest absolute Gasteiger partial charge is 0.478 e. The summed E-state index contributed by atoms with van der Waals surface area (Å²) in [5, 5.41) is 10.1. The first kappa shape index (κ1) is 12.7. The second-order valence-corrected chi connectivity index (χ2v) is 5.00. The summed E-state index contributed by atoms with van der Waals surface area (Å²) in [5.41, 5.74) is 5.74. The van der Waals surface area contributed by atoms with Crippen molar-refractivity contribution >= 4 is 35.0 Å². The molecule has 4 nitrogen and oxygen atoms in total. The molecule has 2 aromatic rings. The van der Waals surface area contributed by atoms with Crippen molar-refractivity contribution in [3.63, 3.8) is 0 Å². The maximum absolute atomic E-state index is 10.9. The Kier molecular flexibility index (Phi) is 3.74. The molecule has 92 valence electrons. The number of benzene rings is 1. The Morgan fingerprint density at radius 2 is 2.17 bits per heavy atom. The third-order valence-electron chi connectivity index (χ3n) is 2.16. The van der Waals surface area contributed by atoms with Gasteiger partial charge in [-0.15, -0.1) is 0 Å². The number of carboxylic acid groups (broad SMARTS) is 1. The van der Waals surface area contributed by atoms with E-state index in [4.69, 9.17) is 22.4 Å². The predicted molar refractivity (Wildman–Crippen MR) is 71.2 cm³/mol. The average molecular weight is 281 g/mol. The highest BCUT2D eigenvalue weighted by Crippen LogP contribution is 2.29. The number of nitrogens with two attached hydrogens (primary N) is 1. The van der Waals surface area contributed by atoms with Crippen LogP contribution in [-0.2, 0) is 0 Å². The molecular formula is C12H9ClN2O2S. The van der Waals surface area contributed by atoms with Gasteiger partial charge in [-0.3, -0.25) is 0 Å². The molecule has 0 aliphatic rings. The van der Waals surface area contributed by atoms with E-state index in [0.717, 1.165) is 4.90 Å². The van der Waals surface area contributed by atoms with E-state index in [-0.39, 0.29) is 11.3 Å². The lowest BCUT2D eigenvalue weighted by Crippen LogP contribution is -2.03. The zero-order valence-electron chi connectivity index (χ0n) is 9.13. The van der Waals surface area contributed by atoms with Crippen molar-refractivity contribution in [2.24, 2.45) is 0 Å². The highest BCUT2D eigenvalue weighted by atomic mass is 35.5. The molecule has 0 aliphatic heterocycles. The van der Waals surface area contributed by atoms with Crippen LogP contribution in [0.5, 0.6) is 0 Å². The van der Waals surface area contributed by atoms with Gasteiger partial charge in [0.05, 0.1) is 17.4 Å². The van der Waals surface area contributed by atoms with E-state index in [1.165, 1.54) is 24.0 Å². The molecule has 0 amide bonds. The van der Waals surface area contributed by atoms with E-state index in [2.05, 4.69) is 4.98 Å². The van der Waals surface area contributed by atoms with Gasteiger partial charge in [0.2, 0.25) is 0 Å². The number of halogens is 1. The third kappa shape index (κ3) is 2.94. The lowest BCUT2D eigenvalue weighted by molar-refractivity contribution is 0.0697. The van der Waals surface area contributed by atoms with E-state index in [1.807, 2.05) is 12.1 Å². The van der Waals surface area contributed by atoms with Crippen molar-refractivity contribution in [2.75, 3.05) is 5.73 Å². The molecule has 0 atom stereocenters. The number of aromatic nitrogens is 1. The number of nitrogen functional groups attached to an aromatic ring is 1. The van der Waals surface area contributed by atoms with Crippen LogP contribution in [0.4, 0.5) is 5.69 Å². The van der Waals surface area contributed by atoms with E-state index in [1.54, 1.807) is 12.1 Å². The summed E-state index contributed by atoms with van der Waals surface area (Å²) < 4.78 is 0. The predicted octanol–water partition coefficient (Wildman–Crippen LogP) is 3.17. The minimum Gasteiger partial charge on any atom is -0.478 e. The molecule has 6 heteroatoms. The molecule has 0 aliphatic carbocycles. The van der Waals surface area contributed by atoms with Crippen molar-refractivity contribution in [1.82, 2.24) is 4.98 Å². The second kappa shape index (κ2) is 5.29. The first-order valence-electron chi connectivity index (χ1n) is 4.98. The topological polar surface area (TPSA) is 76.2 Å². The fourth-order valence-corrected chi connectivity index (χ4v) is 2.45. The number of rotatable bonds is 3. The molecule has 0 fully saturated rings. The SMILES string of the molecule is Nc1cnc(Sc2cccc(Cl)c2)cc1C(=O)O. The summed E-state index contributed by atoms with van der Waals surface area (Å²) in [5.74, 6) is -1.07. The summed E-state index contributed by atoms with van der Waals surface area (Å²) in [6.45, 7) is 0. The van der Waals surface area contributed by atoms with Gasteiger partial charge >= 0.3 is 5.97 Å². The van der Waals surface area contributed by atoms with Gasteiger partial charge in [-0.2, -0.15) is 0 Å². The molecule has 2 rings (SSSR count). The summed E-state index contributed by atoms with van der Waals surface area (Å²) >= 11 is 7.20.